The van der Waals surface area contributed by atoms with Gasteiger partial charge in [0.15, 0.2) is 5.16 Å². The number of carbonyl (C=O) groups excluding carboxylic acids is 1. The maximum absolute atomic E-state index is 12.5. The van der Waals surface area contributed by atoms with Crippen LogP contribution in [0.2, 0.25) is 0 Å². The molecule has 2 heterocycles. The van der Waals surface area contributed by atoms with Crippen LogP contribution >= 0.6 is 39.0 Å². The summed E-state index contributed by atoms with van der Waals surface area (Å²) >= 11 is 6.10. The number of amides is 1. The molecule has 5 nitrogen and oxygen atoms in total. The van der Waals surface area contributed by atoms with E-state index in [0.29, 0.717) is 15.4 Å². The SMILES string of the molecule is Cc1ccc(NC(=O)C(C)Sc2nc3ccsc3c(=O)n2C)c(Br)c1. The Labute approximate surface area is 161 Å². The van der Waals surface area contributed by atoms with Crippen molar-refractivity contribution in [3.05, 3.63) is 50.0 Å². The van der Waals surface area contributed by atoms with Gasteiger partial charge >= 0.3 is 0 Å². The molecule has 8 heteroatoms. The zero-order valence-electron chi connectivity index (χ0n) is 13.9. The number of hydrogen-bond acceptors (Lipinski definition) is 5. The zero-order valence-corrected chi connectivity index (χ0v) is 17.1. The number of aromatic nitrogens is 2. The normalized spacial score (nSPS) is 12.3. The highest BCUT2D eigenvalue weighted by atomic mass is 79.9. The predicted octanol–water partition coefficient (Wildman–Crippen LogP) is 4.19. The molecule has 1 amide bonds. The molecule has 0 spiro atoms. The van der Waals surface area contributed by atoms with Crippen LogP contribution in [0.1, 0.15) is 12.5 Å². The average Bonchev–Trinajstić information content (AvgIpc) is 3.03. The molecular weight excluding hydrogens is 422 g/mol. The van der Waals surface area contributed by atoms with Crippen molar-refractivity contribution in [2.75, 3.05) is 5.32 Å². The van der Waals surface area contributed by atoms with E-state index in [4.69, 9.17) is 0 Å². The van der Waals surface area contributed by atoms with Gasteiger partial charge in [0.25, 0.3) is 5.56 Å². The number of fused-ring (bicyclic) bond motifs is 1. The van der Waals surface area contributed by atoms with Crippen molar-refractivity contribution < 1.29 is 4.79 Å². The fourth-order valence-electron chi connectivity index (χ4n) is 2.24. The number of thiophene rings is 1. The highest BCUT2D eigenvalue weighted by Crippen LogP contribution is 2.27. The maximum Gasteiger partial charge on any atom is 0.271 e. The first kappa shape index (κ1) is 18.2. The molecule has 0 saturated heterocycles. The van der Waals surface area contributed by atoms with Crippen molar-refractivity contribution in [2.45, 2.75) is 24.3 Å². The first-order chi connectivity index (χ1) is 11.9. The number of anilines is 1. The van der Waals surface area contributed by atoms with Crippen molar-refractivity contribution in [3.63, 3.8) is 0 Å². The topological polar surface area (TPSA) is 64.0 Å². The van der Waals surface area contributed by atoms with E-state index < -0.39 is 5.25 Å². The van der Waals surface area contributed by atoms with E-state index in [1.165, 1.54) is 27.7 Å². The maximum atomic E-state index is 12.5. The lowest BCUT2D eigenvalue weighted by Gasteiger charge is -2.14. The summed E-state index contributed by atoms with van der Waals surface area (Å²) in [5.41, 5.74) is 2.41. The summed E-state index contributed by atoms with van der Waals surface area (Å²) in [5.74, 6) is -0.144. The van der Waals surface area contributed by atoms with Gasteiger partial charge in [-0.1, -0.05) is 17.8 Å². The Balaban J connectivity index is 1.79. The van der Waals surface area contributed by atoms with Crippen LogP contribution in [0.15, 0.2) is 44.1 Å². The first-order valence-electron chi connectivity index (χ1n) is 7.54. The summed E-state index contributed by atoms with van der Waals surface area (Å²) in [7, 11) is 1.68. The molecule has 0 aliphatic rings. The van der Waals surface area contributed by atoms with Gasteiger partial charge in [-0.15, -0.1) is 11.3 Å². The molecule has 3 aromatic rings. The van der Waals surface area contributed by atoms with E-state index >= 15 is 0 Å². The van der Waals surface area contributed by atoms with Crippen molar-refractivity contribution in [1.29, 1.82) is 0 Å². The quantitative estimate of drug-likeness (QED) is 0.490. The minimum atomic E-state index is -0.401. The Bertz CT molecular complexity index is 1010. The molecule has 1 aromatic carbocycles. The van der Waals surface area contributed by atoms with Crippen LogP contribution in [0.4, 0.5) is 5.69 Å². The molecule has 0 aliphatic heterocycles. The number of thioether (sulfide) groups is 1. The van der Waals surface area contributed by atoms with Gasteiger partial charge < -0.3 is 5.32 Å². The van der Waals surface area contributed by atoms with Crippen LogP contribution in [0, 0.1) is 6.92 Å². The number of halogens is 1. The van der Waals surface area contributed by atoms with Crippen molar-refractivity contribution >= 4 is 60.8 Å². The van der Waals surface area contributed by atoms with E-state index in [9.17, 15) is 9.59 Å². The molecule has 1 N–H and O–H groups in total. The van der Waals surface area contributed by atoms with Crippen molar-refractivity contribution in [2.24, 2.45) is 7.05 Å². The summed E-state index contributed by atoms with van der Waals surface area (Å²) < 4.78 is 2.96. The highest BCUT2D eigenvalue weighted by Gasteiger charge is 2.19. The second-order valence-electron chi connectivity index (χ2n) is 5.63. The second-order valence-corrected chi connectivity index (χ2v) is 8.70. The van der Waals surface area contributed by atoms with Crippen LogP contribution in [0.3, 0.4) is 0 Å². The molecule has 1 atom stereocenters. The number of nitrogens with one attached hydrogen (secondary N) is 1. The lowest BCUT2D eigenvalue weighted by Crippen LogP contribution is -2.25. The number of benzene rings is 1. The molecule has 0 radical (unpaired) electrons. The lowest BCUT2D eigenvalue weighted by atomic mass is 10.2. The minimum absolute atomic E-state index is 0.0867. The largest absolute Gasteiger partial charge is 0.324 e. The van der Waals surface area contributed by atoms with E-state index in [2.05, 4.69) is 26.2 Å². The van der Waals surface area contributed by atoms with E-state index in [-0.39, 0.29) is 11.5 Å². The Kier molecular flexibility index (Phi) is 5.31. The Morgan fingerprint density at radius 3 is 2.88 bits per heavy atom. The standard InChI is InChI=1S/C17H16BrN3O2S2/c1-9-4-5-12(11(18)8-9)19-15(22)10(2)25-17-20-13-6-7-24-14(13)16(23)21(17)3/h4-8,10H,1-3H3,(H,19,22). The zero-order chi connectivity index (χ0) is 18.1. The molecule has 3 rings (SSSR count). The smallest absolute Gasteiger partial charge is 0.271 e. The summed E-state index contributed by atoms with van der Waals surface area (Å²) in [5, 5.41) is 4.88. The average molecular weight is 438 g/mol. The number of hydrogen-bond donors (Lipinski definition) is 1. The fourth-order valence-corrected chi connectivity index (χ4v) is 4.51. The monoisotopic (exact) mass is 437 g/mol. The summed E-state index contributed by atoms with van der Waals surface area (Å²) in [6.07, 6.45) is 0. The van der Waals surface area contributed by atoms with Crippen molar-refractivity contribution in [3.8, 4) is 0 Å². The van der Waals surface area contributed by atoms with Crippen LogP contribution in [-0.4, -0.2) is 20.7 Å². The summed E-state index contributed by atoms with van der Waals surface area (Å²) in [6.45, 7) is 3.79. The number of carbonyl (C=O) groups is 1. The van der Waals surface area contributed by atoms with Crippen LogP contribution in [0.5, 0.6) is 0 Å². The van der Waals surface area contributed by atoms with Gasteiger partial charge in [0.2, 0.25) is 5.91 Å². The first-order valence-corrected chi connectivity index (χ1v) is 10.1. The Morgan fingerprint density at radius 1 is 1.40 bits per heavy atom. The molecule has 2 aromatic heterocycles. The highest BCUT2D eigenvalue weighted by molar-refractivity contribution is 9.10. The molecule has 0 aliphatic carbocycles. The minimum Gasteiger partial charge on any atom is -0.324 e. The molecule has 0 saturated carbocycles. The third kappa shape index (κ3) is 3.80. The van der Waals surface area contributed by atoms with Gasteiger partial charge in [-0.2, -0.15) is 0 Å². The Hall–Kier alpha value is -1.64. The molecule has 130 valence electrons. The van der Waals surface area contributed by atoms with Gasteiger partial charge in [0, 0.05) is 11.5 Å². The molecule has 0 fully saturated rings. The molecule has 25 heavy (non-hydrogen) atoms. The van der Waals surface area contributed by atoms with Gasteiger partial charge in [-0.25, -0.2) is 4.98 Å². The summed E-state index contributed by atoms with van der Waals surface area (Å²) in [4.78, 5) is 29.3. The molecule has 0 bridgehead atoms. The lowest BCUT2D eigenvalue weighted by molar-refractivity contribution is -0.115. The Morgan fingerprint density at radius 2 is 2.16 bits per heavy atom. The van der Waals surface area contributed by atoms with Gasteiger partial charge in [0.1, 0.15) is 4.70 Å². The van der Waals surface area contributed by atoms with Crippen LogP contribution in [0.25, 0.3) is 10.2 Å². The summed E-state index contributed by atoms with van der Waals surface area (Å²) in [6, 6.07) is 7.57. The third-order valence-corrected chi connectivity index (χ3v) is 6.37. The third-order valence-electron chi connectivity index (χ3n) is 3.68. The second kappa shape index (κ2) is 7.31. The van der Waals surface area contributed by atoms with Crippen LogP contribution < -0.4 is 10.9 Å². The van der Waals surface area contributed by atoms with Crippen molar-refractivity contribution in [1.82, 2.24) is 9.55 Å². The van der Waals surface area contributed by atoms with Gasteiger partial charge in [-0.3, -0.25) is 14.2 Å². The van der Waals surface area contributed by atoms with Gasteiger partial charge in [-0.05, 0) is 58.9 Å². The van der Waals surface area contributed by atoms with E-state index in [1.807, 2.05) is 36.6 Å². The van der Waals surface area contributed by atoms with Crippen LogP contribution in [-0.2, 0) is 11.8 Å². The van der Waals surface area contributed by atoms with E-state index in [1.54, 1.807) is 14.0 Å². The molecule has 1 unspecified atom stereocenters. The number of nitrogens with zero attached hydrogens (tertiary/aromatic N) is 2. The fraction of sp³-hybridized carbons (Fsp3) is 0.235. The van der Waals surface area contributed by atoms with E-state index in [0.717, 1.165) is 15.7 Å². The number of rotatable bonds is 4. The number of aryl methyl sites for hydroxylation is 1. The van der Waals surface area contributed by atoms with Gasteiger partial charge in [0.05, 0.1) is 16.5 Å². The molecular formula is C17H16BrN3O2S2. The predicted molar refractivity (Wildman–Crippen MR) is 108 cm³/mol.